The minimum Gasteiger partial charge on any atom is -0.323 e. The van der Waals surface area contributed by atoms with Gasteiger partial charge in [-0.05, 0) is 49.7 Å². The van der Waals surface area contributed by atoms with Crippen molar-refractivity contribution in [2.75, 3.05) is 23.7 Å². The Morgan fingerprint density at radius 2 is 1.89 bits per heavy atom. The summed E-state index contributed by atoms with van der Waals surface area (Å²) in [5.74, 6) is -1.13. The maximum atomic E-state index is 13.7. The van der Waals surface area contributed by atoms with Gasteiger partial charge in [-0.2, -0.15) is 0 Å². The highest BCUT2D eigenvalue weighted by Crippen LogP contribution is 2.27. The maximum absolute atomic E-state index is 13.7. The molecule has 1 aliphatic heterocycles. The van der Waals surface area contributed by atoms with E-state index < -0.39 is 11.9 Å². The van der Waals surface area contributed by atoms with Crippen LogP contribution < -0.4 is 10.6 Å². The standard InChI is InChI=1S/C19H18Cl2FN3O2/c20-12-7-8-13(21)16(10-12)24-19(27)17-6-3-9-25(17)11-18(26)23-15-5-2-1-4-14(15)22/h1-2,4-5,7-8,10,17H,3,6,9,11H2,(H,23,26)(H,24,27)/t17-/m1/s1. The highest BCUT2D eigenvalue weighted by Gasteiger charge is 2.32. The van der Waals surface area contributed by atoms with E-state index in [0.717, 1.165) is 6.42 Å². The lowest BCUT2D eigenvalue weighted by atomic mass is 10.2. The second-order valence-electron chi connectivity index (χ2n) is 6.27. The summed E-state index contributed by atoms with van der Waals surface area (Å²) in [4.78, 5) is 26.7. The molecular weight excluding hydrogens is 392 g/mol. The molecule has 1 saturated heterocycles. The fourth-order valence-corrected chi connectivity index (χ4v) is 3.40. The van der Waals surface area contributed by atoms with Crippen LogP contribution in [-0.4, -0.2) is 35.8 Å². The molecule has 142 valence electrons. The van der Waals surface area contributed by atoms with Gasteiger partial charge in [0.15, 0.2) is 0 Å². The van der Waals surface area contributed by atoms with E-state index in [1.807, 2.05) is 0 Å². The average Bonchev–Trinajstić information content (AvgIpc) is 3.08. The number of benzene rings is 2. The van der Waals surface area contributed by atoms with Crippen molar-refractivity contribution in [3.8, 4) is 0 Å². The molecule has 5 nitrogen and oxygen atoms in total. The number of amides is 2. The first-order valence-corrected chi connectivity index (χ1v) is 9.24. The molecule has 0 aromatic heterocycles. The molecule has 0 bridgehead atoms. The van der Waals surface area contributed by atoms with E-state index >= 15 is 0 Å². The molecule has 0 saturated carbocycles. The van der Waals surface area contributed by atoms with Gasteiger partial charge in [0.05, 0.1) is 29.0 Å². The Bertz CT molecular complexity index is 863. The van der Waals surface area contributed by atoms with Gasteiger partial charge in [0.25, 0.3) is 0 Å². The van der Waals surface area contributed by atoms with Gasteiger partial charge in [-0.15, -0.1) is 0 Å². The first-order chi connectivity index (χ1) is 12.9. The monoisotopic (exact) mass is 409 g/mol. The van der Waals surface area contributed by atoms with Gasteiger partial charge in [0.1, 0.15) is 5.82 Å². The molecule has 1 atom stereocenters. The van der Waals surface area contributed by atoms with Gasteiger partial charge in [-0.3, -0.25) is 14.5 Å². The first kappa shape index (κ1) is 19.6. The second-order valence-corrected chi connectivity index (χ2v) is 7.11. The zero-order valence-electron chi connectivity index (χ0n) is 14.3. The number of hydrogen-bond acceptors (Lipinski definition) is 3. The van der Waals surface area contributed by atoms with Crippen LogP contribution in [0.4, 0.5) is 15.8 Å². The number of para-hydroxylation sites is 1. The van der Waals surface area contributed by atoms with Crippen molar-refractivity contribution in [1.82, 2.24) is 4.90 Å². The van der Waals surface area contributed by atoms with Gasteiger partial charge in [-0.1, -0.05) is 35.3 Å². The van der Waals surface area contributed by atoms with Gasteiger partial charge in [0.2, 0.25) is 11.8 Å². The lowest BCUT2D eigenvalue weighted by Gasteiger charge is -2.23. The van der Waals surface area contributed by atoms with Crippen LogP contribution in [0.15, 0.2) is 42.5 Å². The van der Waals surface area contributed by atoms with Crippen molar-refractivity contribution >= 4 is 46.4 Å². The molecule has 0 radical (unpaired) electrons. The van der Waals surface area contributed by atoms with Crippen LogP contribution in [0.25, 0.3) is 0 Å². The minimum atomic E-state index is -0.503. The summed E-state index contributed by atoms with van der Waals surface area (Å²) in [5.41, 5.74) is 0.547. The largest absolute Gasteiger partial charge is 0.323 e. The minimum absolute atomic E-state index is 0.00427. The normalized spacial score (nSPS) is 16.9. The Kier molecular flexibility index (Phi) is 6.31. The Hall–Kier alpha value is -2.15. The van der Waals surface area contributed by atoms with E-state index in [-0.39, 0.29) is 24.0 Å². The Morgan fingerprint density at radius 3 is 2.67 bits per heavy atom. The van der Waals surface area contributed by atoms with Gasteiger partial charge < -0.3 is 10.6 Å². The Morgan fingerprint density at radius 1 is 1.11 bits per heavy atom. The van der Waals surface area contributed by atoms with Crippen molar-refractivity contribution in [1.29, 1.82) is 0 Å². The molecule has 3 rings (SSSR count). The lowest BCUT2D eigenvalue weighted by Crippen LogP contribution is -2.43. The predicted molar refractivity (Wildman–Crippen MR) is 105 cm³/mol. The maximum Gasteiger partial charge on any atom is 0.241 e. The van der Waals surface area contributed by atoms with E-state index in [9.17, 15) is 14.0 Å². The molecule has 2 aromatic carbocycles. The van der Waals surface area contributed by atoms with E-state index in [4.69, 9.17) is 23.2 Å². The average molecular weight is 410 g/mol. The molecular formula is C19H18Cl2FN3O2. The number of halogens is 3. The third-order valence-corrected chi connectivity index (χ3v) is 4.91. The molecule has 27 heavy (non-hydrogen) atoms. The third-order valence-electron chi connectivity index (χ3n) is 4.35. The quantitative estimate of drug-likeness (QED) is 0.778. The second kappa shape index (κ2) is 8.69. The Balaban J connectivity index is 1.62. The van der Waals surface area contributed by atoms with Gasteiger partial charge >= 0.3 is 0 Å². The number of carbonyl (C=O) groups is 2. The fourth-order valence-electron chi connectivity index (χ4n) is 3.06. The smallest absolute Gasteiger partial charge is 0.241 e. The van der Waals surface area contributed by atoms with Crippen molar-refractivity contribution in [3.05, 3.63) is 58.3 Å². The summed E-state index contributed by atoms with van der Waals surface area (Å²) in [6, 6.07) is 10.3. The highest BCUT2D eigenvalue weighted by molar-refractivity contribution is 6.35. The van der Waals surface area contributed by atoms with Crippen molar-refractivity contribution in [3.63, 3.8) is 0 Å². The summed E-state index contributed by atoms with van der Waals surface area (Å²) in [6.07, 6.45) is 1.41. The molecule has 1 aliphatic rings. The van der Waals surface area contributed by atoms with Crippen LogP contribution in [0.2, 0.25) is 10.0 Å². The van der Waals surface area contributed by atoms with Crippen LogP contribution in [0.1, 0.15) is 12.8 Å². The van der Waals surface area contributed by atoms with Gasteiger partial charge in [-0.25, -0.2) is 4.39 Å². The van der Waals surface area contributed by atoms with E-state index in [1.165, 1.54) is 12.1 Å². The molecule has 0 unspecified atom stereocenters. The molecule has 8 heteroatoms. The van der Waals surface area contributed by atoms with Crippen LogP contribution >= 0.6 is 23.2 Å². The molecule has 2 aromatic rings. The first-order valence-electron chi connectivity index (χ1n) is 8.48. The number of hydrogen-bond donors (Lipinski definition) is 2. The Labute approximate surface area is 166 Å². The number of carbonyl (C=O) groups excluding carboxylic acids is 2. The number of anilines is 2. The summed E-state index contributed by atoms with van der Waals surface area (Å²) in [7, 11) is 0. The van der Waals surface area contributed by atoms with Crippen molar-refractivity contribution < 1.29 is 14.0 Å². The lowest BCUT2D eigenvalue weighted by molar-refractivity contribution is -0.122. The predicted octanol–water partition coefficient (Wildman–Crippen LogP) is 4.17. The van der Waals surface area contributed by atoms with Crippen LogP contribution in [0, 0.1) is 5.82 Å². The number of rotatable bonds is 5. The van der Waals surface area contributed by atoms with Crippen molar-refractivity contribution in [2.24, 2.45) is 0 Å². The van der Waals surface area contributed by atoms with Gasteiger partial charge in [0, 0.05) is 5.02 Å². The number of likely N-dealkylation sites (tertiary alicyclic amines) is 1. The molecule has 2 amide bonds. The van der Waals surface area contributed by atoms with Crippen molar-refractivity contribution in [2.45, 2.75) is 18.9 Å². The van der Waals surface area contributed by atoms with E-state index in [1.54, 1.807) is 35.2 Å². The summed E-state index contributed by atoms with van der Waals surface area (Å²) in [5, 5.41) is 6.15. The summed E-state index contributed by atoms with van der Waals surface area (Å²) >= 11 is 12.0. The summed E-state index contributed by atoms with van der Waals surface area (Å²) in [6.45, 7) is 0.599. The summed E-state index contributed by atoms with van der Waals surface area (Å²) < 4.78 is 13.7. The zero-order valence-corrected chi connectivity index (χ0v) is 15.9. The van der Waals surface area contributed by atoms with Crippen LogP contribution in [0.3, 0.4) is 0 Å². The molecule has 1 fully saturated rings. The molecule has 0 spiro atoms. The van der Waals surface area contributed by atoms with E-state index in [0.29, 0.717) is 28.7 Å². The van der Waals surface area contributed by atoms with Crippen LogP contribution in [-0.2, 0) is 9.59 Å². The SMILES string of the molecule is O=C(CN1CCC[C@@H]1C(=O)Nc1cc(Cl)ccc1Cl)Nc1ccccc1F. The topological polar surface area (TPSA) is 61.4 Å². The highest BCUT2D eigenvalue weighted by atomic mass is 35.5. The van der Waals surface area contributed by atoms with E-state index in [2.05, 4.69) is 10.6 Å². The number of nitrogens with one attached hydrogen (secondary N) is 2. The number of nitrogens with zero attached hydrogens (tertiary/aromatic N) is 1. The third kappa shape index (κ3) is 4.97. The molecule has 0 aliphatic carbocycles. The molecule has 2 N–H and O–H groups in total. The van der Waals surface area contributed by atoms with Crippen LogP contribution in [0.5, 0.6) is 0 Å². The molecule has 1 heterocycles. The zero-order chi connectivity index (χ0) is 19.4. The fraction of sp³-hybridized carbons (Fsp3) is 0.263.